The number of pyridine rings is 1. The Labute approximate surface area is 170 Å². The van der Waals surface area contributed by atoms with E-state index in [2.05, 4.69) is 15.2 Å². The highest BCUT2D eigenvalue weighted by molar-refractivity contribution is 5.98. The highest BCUT2D eigenvalue weighted by Gasteiger charge is 2.21. The van der Waals surface area contributed by atoms with E-state index in [1.165, 1.54) is 6.20 Å². The van der Waals surface area contributed by atoms with Gasteiger partial charge >= 0.3 is 0 Å². The molecular weight excluding hydrogens is 372 g/mol. The normalized spacial score (nSPS) is 14.4. The number of hydrogen-bond donors (Lipinski definition) is 1. The quantitative estimate of drug-likeness (QED) is 0.792. The number of likely N-dealkylation sites (N-methyl/N-ethyl adjacent to an activating group) is 1. The summed E-state index contributed by atoms with van der Waals surface area (Å²) < 4.78 is 10.5. The van der Waals surface area contributed by atoms with E-state index in [1.54, 1.807) is 43.4 Å². The Morgan fingerprint density at radius 3 is 2.45 bits per heavy atom. The minimum absolute atomic E-state index is 0.0746. The molecule has 2 aromatic rings. The Bertz CT molecular complexity index is 879. The van der Waals surface area contributed by atoms with Gasteiger partial charge in [-0.1, -0.05) is 6.07 Å². The van der Waals surface area contributed by atoms with E-state index in [-0.39, 0.29) is 17.5 Å². The molecular formula is C21H26N4O4. The van der Waals surface area contributed by atoms with E-state index in [1.807, 2.05) is 13.1 Å². The molecule has 2 heterocycles. The summed E-state index contributed by atoms with van der Waals surface area (Å²) in [5.41, 5.74) is 1.55. The highest BCUT2D eigenvalue weighted by atomic mass is 16.5. The van der Waals surface area contributed by atoms with Gasteiger partial charge in [0.15, 0.2) is 11.5 Å². The Morgan fingerprint density at radius 1 is 1.03 bits per heavy atom. The van der Waals surface area contributed by atoms with Crippen LogP contribution in [0.5, 0.6) is 11.5 Å². The molecule has 1 saturated heterocycles. The fourth-order valence-corrected chi connectivity index (χ4v) is 3.14. The monoisotopic (exact) mass is 398 g/mol. The van der Waals surface area contributed by atoms with Gasteiger partial charge < -0.3 is 24.6 Å². The van der Waals surface area contributed by atoms with Crippen LogP contribution in [-0.2, 0) is 6.54 Å². The van der Waals surface area contributed by atoms with Crippen molar-refractivity contribution >= 4 is 11.8 Å². The van der Waals surface area contributed by atoms with E-state index in [0.29, 0.717) is 36.7 Å². The molecule has 1 aromatic carbocycles. The van der Waals surface area contributed by atoms with Crippen molar-refractivity contribution in [1.82, 2.24) is 20.1 Å². The molecule has 0 saturated carbocycles. The lowest BCUT2D eigenvalue weighted by Gasteiger charge is -2.32. The van der Waals surface area contributed by atoms with Gasteiger partial charge in [0.2, 0.25) is 0 Å². The number of ether oxygens (including phenoxy) is 2. The molecule has 8 heteroatoms. The molecule has 0 aliphatic carbocycles. The smallest absolute Gasteiger partial charge is 0.270 e. The lowest BCUT2D eigenvalue weighted by Crippen LogP contribution is -2.47. The zero-order chi connectivity index (χ0) is 20.8. The fraction of sp³-hybridized carbons (Fsp3) is 0.381. The number of hydrogen-bond acceptors (Lipinski definition) is 6. The zero-order valence-corrected chi connectivity index (χ0v) is 17.0. The van der Waals surface area contributed by atoms with Crippen LogP contribution in [0.4, 0.5) is 0 Å². The first-order chi connectivity index (χ1) is 14.0. The second-order valence-corrected chi connectivity index (χ2v) is 6.90. The molecule has 0 spiro atoms. The van der Waals surface area contributed by atoms with E-state index >= 15 is 0 Å². The number of nitrogens with one attached hydrogen (secondary N) is 1. The maximum atomic E-state index is 12.7. The van der Waals surface area contributed by atoms with Crippen molar-refractivity contribution in [2.75, 3.05) is 47.4 Å². The minimum Gasteiger partial charge on any atom is -0.493 e. The third-order valence-corrected chi connectivity index (χ3v) is 4.93. The van der Waals surface area contributed by atoms with Gasteiger partial charge in [-0.3, -0.25) is 14.6 Å². The molecule has 1 N–H and O–H groups in total. The molecule has 1 fully saturated rings. The topological polar surface area (TPSA) is 84.0 Å². The predicted molar refractivity (Wildman–Crippen MR) is 108 cm³/mol. The molecule has 0 bridgehead atoms. The highest BCUT2D eigenvalue weighted by Crippen LogP contribution is 2.27. The van der Waals surface area contributed by atoms with Crippen LogP contribution in [0.3, 0.4) is 0 Å². The second-order valence-electron chi connectivity index (χ2n) is 6.90. The van der Waals surface area contributed by atoms with Crippen molar-refractivity contribution in [3.63, 3.8) is 0 Å². The van der Waals surface area contributed by atoms with Gasteiger partial charge in [-0.05, 0) is 36.9 Å². The Hall–Kier alpha value is -3.13. The summed E-state index contributed by atoms with van der Waals surface area (Å²) in [6.45, 7) is 3.35. The molecule has 1 aromatic heterocycles. The summed E-state index contributed by atoms with van der Waals surface area (Å²) in [6, 6.07) is 8.63. The average molecular weight is 398 g/mol. The average Bonchev–Trinajstić information content (AvgIpc) is 2.77. The van der Waals surface area contributed by atoms with Gasteiger partial charge in [-0.25, -0.2) is 0 Å². The lowest BCUT2D eigenvalue weighted by molar-refractivity contribution is 0.0664. The largest absolute Gasteiger partial charge is 0.493 e. The molecule has 8 nitrogen and oxygen atoms in total. The van der Waals surface area contributed by atoms with E-state index in [0.717, 1.165) is 18.7 Å². The van der Waals surface area contributed by atoms with E-state index in [9.17, 15) is 9.59 Å². The van der Waals surface area contributed by atoms with Crippen molar-refractivity contribution in [3.05, 3.63) is 53.3 Å². The van der Waals surface area contributed by atoms with E-state index in [4.69, 9.17) is 9.47 Å². The molecule has 154 valence electrons. The number of benzene rings is 1. The summed E-state index contributed by atoms with van der Waals surface area (Å²) in [7, 11) is 5.17. The molecule has 0 radical (unpaired) electrons. The van der Waals surface area contributed by atoms with Crippen LogP contribution in [0.2, 0.25) is 0 Å². The summed E-state index contributed by atoms with van der Waals surface area (Å²) in [6.07, 6.45) is 1.49. The second kappa shape index (κ2) is 9.38. The molecule has 0 atom stereocenters. The van der Waals surface area contributed by atoms with Crippen LogP contribution in [0.1, 0.15) is 26.4 Å². The zero-order valence-electron chi connectivity index (χ0n) is 17.0. The van der Waals surface area contributed by atoms with Crippen LogP contribution in [0.15, 0.2) is 36.5 Å². The van der Waals surface area contributed by atoms with Crippen LogP contribution in [0, 0.1) is 0 Å². The van der Waals surface area contributed by atoms with Gasteiger partial charge in [0.1, 0.15) is 5.69 Å². The first kappa shape index (κ1) is 20.6. The standard InChI is InChI=1S/C21H26N4O4/c1-24-8-10-25(11-9-24)21(27)16-6-7-22-17(13-16)20(26)23-14-15-4-5-18(28-2)19(12-15)29-3/h4-7,12-13H,8-11,14H2,1-3H3,(H,23,26). The van der Waals surface area contributed by atoms with Crippen molar-refractivity contribution in [2.24, 2.45) is 0 Å². The third-order valence-electron chi connectivity index (χ3n) is 4.93. The number of amides is 2. The Balaban J connectivity index is 1.64. The minimum atomic E-state index is -0.340. The summed E-state index contributed by atoms with van der Waals surface area (Å²) in [5, 5.41) is 2.83. The number of methoxy groups -OCH3 is 2. The van der Waals surface area contributed by atoms with Crippen molar-refractivity contribution < 1.29 is 19.1 Å². The van der Waals surface area contributed by atoms with Gasteiger partial charge in [-0.2, -0.15) is 0 Å². The third kappa shape index (κ3) is 5.03. The predicted octanol–water partition coefficient (Wildman–Crippen LogP) is 1.42. The van der Waals surface area contributed by atoms with Gasteiger partial charge in [0, 0.05) is 44.5 Å². The maximum Gasteiger partial charge on any atom is 0.270 e. The van der Waals surface area contributed by atoms with Gasteiger partial charge in [0.05, 0.1) is 14.2 Å². The van der Waals surface area contributed by atoms with Crippen molar-refractivity contribution in [3.8, 4) is 11.5 Å². The molecule has 1 aliphatic heterocycles. The van der Waals surface area contributed by atoms with Crippen LogP contribution in [-0.4, -0.2) is 74.0 Å². The number of carbonyl (C=O) groups is 2. The van der Waals surface area contributed by atoms with Gasteiger partial charge in [0.25, 0.3) is 11.8 Å². The number of rotatable bonds is 6. The van der Waals surface area contributed by atoms with Crippen LogP contribution >= 0.6 is 0 Å². The lowest BCUT2D eigenvalue weighted by atomic mass is 10.1. The summed E-state index contributed by atoms with van der Waals surface area (Å²) >= 11 is 0. The van der Waals surface area contributed by atoms with Gasteiger partial charge in [-0.15, -0.1) is 0 Å². The first-order valence-electron chi connectivity index (χ1n) is 9.45. The fourth-order valence-electron chi connectivity index (χ4n) is 3.14. The molecule has 3 rings (SSSR count). The Morgan fingerprint density at radius 2 is 1.76 bits per heavy atom. The number of aromatic nitrogens is 1. The number of piperazine rings is 1. The molecule has 2 amide bonds. The van der Waals surface area contributed by atoms with E-state index < -0.39 is 0 Å². The van der Waals surface area contributed by atoms with Crippen LogP contribution < -0.4 is 14.8 Å². The van der Waals surface area contributed by atoms with Crippen molar-refractivity contribution in [2.45, 2.75) is 6.54 Å². The molecule has 0 unspecified atom stereocenters. The maximum absolute atomic E-state index is 12.7. The van der Waals surface area contributed by atoms with Crippen molar-refractivity contribution in [1.29, 1.82) is 0 Å². The molecule has 29 heavy (non-hydrogen) atoms. The summed E-state index contributed by atoms with van der Waals surface area (Å²) in [5.74, 6) is 0.804. The number of carbonyl (C=O) groups excluding carboxylic acids is 2. The first-order valence-corrected chi connectivity index (χ1v) is 9.45. The molecule has 1 aliphatic rings. The van der Waals surface area contributed by atoms with Crippen LogP contribution in [0.25, 0.3) is 0 Å². The SMILES string of the molecule is COc1ccc(CNC(=O)c2cc(C(=O)N3CCN(C)CC3)ccn2)cc1OC. The number of nitrogens with zero attached hydrogens (tertiary/aromatic N) is 3. The Kier molecular flexibility index (Phi) is 6.66. The summed E-state index contributed by atoms with van der Waals surface area (Å²) in [4.78, 5) is 33.3.